The van der Waals surface area contributed by atoms with Crippen LogP contribution in [0.4, 0.5) is 5.69 Å². The van der Waals surface area contributed by atoms with Gasteiger partial charge in [-0.15, -0.1) is 0 Å². The maximum absolute atomic E-state index is 11.5. The Labute approximate surface area is 84.3 Å². The quantitative estimate of drug-likeness (QED) is 0.659. The first kappa shape index (κ1) is 9.20. The van der Waals surface area contributed by atoms with E-state index in [1.165, 1.54) is 24.4 Å². The van der Waals surface area contributed by atoms with E-state index in [-0.39, 0.29) is 17.2 Å². The maximum atomic E-state index is 11.5. The zero-order valence-corrected chi connectivity index (χ0v) is 7.65. The van der Waals surface area contributed by atoms with E-state index in [4.69, 9.17) is 0 Å². The molecule has 3 N–H and O–H groups in total. The molecule has 0 aromatic carbocycles. The van der Waals surface area contributed by atoms with Gasteiger partial charge in [0.05, 0.1) is 11.9 Å². The summed E-state index contributed by atoms with van der Waals surface area (Å²) in [7, 11) is 0. The molecule has 0 saturated heterocycles. The number of anilines is 1. The topological polar surface area (TPSA) is 90.6 Å². The van der Waals surface area contributed by atoms with Gasteiger partial charge in [0.25, 0.3) is 5.91 Å². The Hall–Kier alpha value is -2.37. The molecular weight excluding hydrogens is 196 g/mol. The van der Waals surface area contributed by atoms with E-state index in [0.29, 0.717) is 5.69 Å². The lowest BCUT2D eigenvalue weighted by Crippen LogP contribution is -2.17. The third-order valence-electron chi connectivity index (χ3n) is 1.77. The van der Waals surface area contributed by atoms with Crippen molar-refractivity contribution < 1.29 is 4.79 Å². The third-order valence-corrected chi connectivity index (χ3v) is 1.77. The number of hydrogen-bond acceptors (Lipinski definition) is 3. The average molecular weight is 204 g/mol. The van der Waals surface area contributed by atoms with Crippen LogP contribution in [-0.4, -0.2) is 21.1 Å². The Kier molecular flexibility index (Phi) is 2.32. The average Bonchev–Trinajstić information content (AvgIpc) is 2.70. The lowest BCUT2D eigenvalue weighted by molar-refractivity contribution is 0.102. The maximum Gasteiger partial charge on any atom is 0.272 e. The number of H-pyrrole nitrogens is 2. The van der Waals surface area contributed by atoms with Gasteiger partial charge in [-0.2, -0.15) is 5.10 Å². The van der Waals surface area contributed by atoms with E-state index in [1.54, 1.807) is 6.20 Å². The van der Waals surface area contributed by atoms with Crippen LogP contribution >= 0.6 is 0 Å². The minimum atomic E-state index is -0.380. The SMILES string of the molecule is O=C(Nc1cn[nH]c1)c1cccc(=O)[nH]1. The smallest absolute Gasteiger partial charge is 0.272 e. The lowest BCUT2D eigenvalue weighted by atomic mass is 10.3. The fourth-order valence-electron chi connectivity index (χ4n) is 1.10. The van der Waals surface area contributed by atoms with Gasteiger partial charge >= 0.3 is 0 Å². The molecule has 0 atom stereocenters. The predicted molar refractivity (Wildman–Crippen MR) is 53.6 cm³/mol. The van der Waals surface area contributed by atoms with E-state index >= 15 is 0 Å². The predicted octanol–water partition coefficient (Wildman–Crippen LogP) is 0.350. The van der Waals surface area contributed by atoms with Gasteiger partial charge in [0.2, 0.25) is 5.56 Å². The molecule has 0 aliphatic rings. The van der Waals surface area contributed by atoms with Gasteiger partial charge in [-0.3, -0.25) is 14.7 Å². The van der Waals surface area contributed by atoms with Crippen molar-refractivity contribution in [3.63, 3.8) is 0 Å². The van der Waals surface area contributed by atoms with Crippen LogP contribution in [0.1, 0.15) is 10.5 Å². The Bertz CT molecular complexity index is 515. The van der Waals surface area contributed by atoms with Gasteiger partial charge in [-0.05, 0) is 6.07 Å². The van der Waals surface area contributed by atoms with Crippen molar-refractivity contribution in [1.29, 1.82) is 0 Å². The molecule has 2 aromatic heterocycles. The van der Waals surface area contributed by atoms with Gasteiger partial charge in [0, 0.05) is 12.3 Å². The molecule has 76 valence electrons. The molecule has 0 aliphatic heterocycles. The molecule has 0 spiro atoms. The van der Waals surface area contributed by atoms with Gasteiger partial charge in [-0.1, -0.05) is 6.07 Å². The number of aromatic nitrogens is 3. The van der Waals surface area contributed by atoms with Crippen molar-refractivity contribution in [2.24, 2.45) is 0 Å². The molecule has 0 unspecified atom stereocenters. The number of aromatic amines is 2. The van der Waals surface area contributed by atoms with Gasteiger partial charge < -0.3 is 10.3 Å². The molecule has 2 rings (SSSR count). The molecule has 0 aliphatic carbocycles. The second-order valence-corrected chi connectivity index (χ2v) is 2.87. The van der Waals surface area contributed by atoms with Crippen LogP contribution in [0.15, 0.2) is 35.4 Å². The van der Waals surface area contributed by atoms with Crippen molar-refractivity contribution in [3.8, 4) is 0 Å². The molecule has 1 amide bonds. The molecular formula is C9H8N4O2. The van der Waals surface area contributed by atoms with Crippen LogP contribution in [0.25, 0.3) is 0 Å². The van der Waals surface area contributed by atoms with Gasteiger partial charge in [0.1, 0.15) is 5.69 Å². The third kappa shape index (κ3) is 2.11. The van der Waals surface area contributed by atoms with E-state index in [1.807, 2.05) is 0 Å². The van der Waals surface area contributed by atoms with E-state index in [0.717, 1.165) is 0 Å². The highest BCUT2D eigenvalue weighted by atomic mass is 16.2. The number of rotatable bonds is 2. The Balaban J connectivity index is 2.18. The van der Waals surface area contributed by atoms with Crippen molar-refractivity contribution >= 4 is 11.6 Å². The zero-order valence-electron chi connectivity index (χ0n) is 7.65. The molecule has 0 radical (unpaired) electrons. The van der Waals surface area contributed by atoms with E-state index < -0.39 is 0 Å². The molecule has 2 heterocycles. The van der Waals surface area contributed by atoms with E-state index in [9.17, 15) is 9.59 Å². The summed E-state index contributed by atoms with van der Waals surface area (Å²) in [6.45, 7) is 0. The number of hydrogen-bond donors (Lipinski definition) is 3. The monoisotopic (exact) mass is 204 g/mol. The van der Waals surface area contributed by atoms with Crippen molar-refractivity contribution in [1.82, 2.24) is 15.2 Å². The van der Waals surface area contributed by atoms with E-state index in [2.05, 4.69) is 20.5 Å². The highest BCUT2D eigenvalue weighted by Gasteiger charge is 2.06. The highest BCUT2D eigenvalue weighted by Crippen LogP contribution is 2.03. The highest BCUT2D eigenvalue weighted by molar-refractivity contribution is 6.02. The molecule has 0 fully saturated rings. The number of pyridine rings is 1. The van der Waals surface area contributed by atoms with Gasteiger partial charge in [0.15, 0.2) is 0 Å². The summed E-state index contributed by atoms with van der Waals surface area (Å²) in [4.78, 5) is 24.9. The van der Waals surface area contributed by atoms with Crippen molar-refractivity contribution in [3.05, 3.63) is 46.6 Å². The fourth-order valence-corrected chi connectivity index (χ4v) is 1.10. The first-order chi connectivity index (χ1) is 7.25. The number of nitrogens with zero attached hydrogens (tertiary/aromatic N) is 1. The summed E-state index contributed by atoms with van der Waals surface area (Å²) in [6, 6.07) is 4.38. The second kappa shape index (κ2) is 3.79. The van der Waals surface area contributed by atoms with Crippen LogP contribution in [0.2, 0.25) is 0 Å². The minimum Gasteiger partial charge on any atom is -0.318 e. The summed E-state index contributed by atoms with van der Waals surface area (Å²) >= 11 is 0. The molecule has 6 heteroatoms. The van der Waals surface area contributed by atoms with Crippen LogP contribution in [0.3, 0.4) is 0 Å². The summed E-state index contributed by atoms with van der Waals surface area (Å²) in [5.41, 5.74) is 0.447. The number of nitrogens with one attached hydrogen (secondary N) is 3. The van der Waals surface area contributed by atoms with Crippen LogP contribution < -0.4 is 10.9 Å². The Morgan fingerprint density at radius 3 is 2.93 bits per heavy atom. The summed E-state index contributed by atoms with van der Waals surface area (Å²) < 4.78 is 0. The first-order valence-corrected chi connectivity index (χ1v) is 4.25. The Morgan fingerprint density at radius 1 is 1.40 bits per heavy atom. The number of carbonyl (C=O) groups is 1. The standard InChI is InChI=1S/C9H8N4O2/c14-8-3-1-2-7(13-8)9(15)12-6-4-10-11-5-6/h1-5H,(H,10,11)(H,12,15)(H,13,14). The molecule has 0 saturated carbocycles. The minimum absolute atomic E-state index is 0.212. The second-order valence-electron chi connectivity index (χ2n) is 2.87. The largest absolute Gasteiger partial charge is 0.318 e. The summed E-state index contributed by atoms with van der Waals surface area (Å²) in [5.74, 6) is -0.380. The van der Waals surface area contributed by atoms with Gasteiger partial charge in [-0.25, -0.2) is 0 Å². The fraction of sp³-hybridized carbons (Fsp3) is 0. The van der Waals surface area contributed by atoms with Crippen molar-refractivity contribution in [2.45, 2.75) is 0 Å². The number of amides is 1. The Morgan fingerprint density at radius 2 is 2.27 bits per heavy atom. The molecule has 15 heavy (non-hydrogen) atoms. The summed E-state index contributed by atoms with van der Waals surface area (Å²) in [5, 5.41) is 8.80. The van der Waals surface area contributed by atoms with Crippen LogP contribution in [-0.2, 0) is 0 Å². The first-order valence-electron chi connectivity index (χ1n) is 4.25. The lowest BCUT2D eigenvalue weighted by Gasteiger charge is -2.00. The molecule has 0 bridgehead atoms. The molecule has 6 nitrogen and oxygen atoms in total. The zero-order chi connectivity index (χ0) is 10.7. The molecule has 2 aromatic rings. The normalized spacial score (nSPS) is 9.87. The van der Waals surface area contributed by atoms with Crippen LogP contribution in [0, 0.1) is 0 Å². The van der Waals surface area contributed by atoms with Crippen LogP contribution in [0.5, 0.6) is 0 Å². The number of carbonyl (C=O) groups excluding carboxylic acids is 1. The van der Waals surface area contributed by atoms with Crippen molar-refractivity contribution in [2.75, 3.05) is 5.32 Å². The summed E-state index contributed by atoms with van der Waals surface area (Å²) in [6.07, 6.45) is 3.01.